The molecule has 0 fully saturated rings. The topological polar surface area (TPSA) is 6.48 Å². The Balaban J connectivity index is 1.29. The minimum Gasteiger partial charge on any atom is -0.311 e. The summed E-state index contributed by atoms with van der Waals surface area (Å²) in [5.41, 5.74) is 27.9. The summed E-state index contributed by atoms with van der Waals surface area (Å²) in [4.78, 5) is 5.15. The fourth-order valence-corrected chi connectivity index (χ4v) is 10.3. The molecule has 0 bridgehead atoms. The molecule has 0 N–H and O–H groups in total. The molecular weight excluding hydrogens is 747 g/mol. The third-order valence-electron chi connectivity index (χ3n) is 13.6. The first-order valence-corrected chi connectivity index (χ1v) is 22.4. The van der Waals surface area contributed by atoms with Crippen LogP contribution in [0.1, 0.15) is 78.5 Å². The van der Waals surface area contributed by atoms with Crippen LogP contribution in [0.5, 0.6) is 0 Å². The van der Waals surface area contributed by atoms with Crippen molar-refractivity contribution in [2.24, 2.45) is 0 Å². The number of benzene rings is 8. The van der Waals surface area contributed by atoms with Crippen molar-refractivity contribution in [1.29, 1.82) is 0 Å². The summed E-state index contributed by atoms with van der Waals surface area (Å²) in [6, 6.07) is 60.3. The van der Waals surface area contributed by atoms with Crippen molar-refractivity contribution >= 4 is 57.2 Å². The first-order chi connectivity index (χ1) is 30.0. The van der Waals surface area contributed by atoms with Gasteiger partial charge in [0.15, 0.2) is 0 Å². The molecule has 0 atom stereocenters. The lowest BCUT2D eigenvalue weighted by molar-refractivity contribution is 0.866. The SMILES string of the molecule is Cc1cc2c3c(c1)N(c1ccc(C(C)C)cc1)c1cc(-c4c(C)cccc4C)ccc1B3c1cc(C(C)C)ccc1N2c1cc(-c2ccccc2C)cc(-c2ccccc2C)c1. The van der Waals surface area contributed by atoms with E-state index in [0.717, 1.165) is 5.69 Å². The van der Waals surface area contributed by atoms with Gasteiger partial charge in [-0.25, -0.2) is 0 Å². The monoisotopic (exact) mass is 802 g/mol. The second-order valence-corrected chi connectivity index (χ2v) is 18.5. The Hall–Kier alpha value is -6.58. The van der Waals surface area contributed by atoms with Gasteiger partial charge in [0, 0.05) is 34.1 Å². The highest BCUT2D eigenvalue weighted by Crippen LogP contribution is 2.47. The maximum Gasteiger partial charge on any atom is 0.252 e. The van der Waals surface area contributed by atoms with Gasteiger partial charge in [0.25, 0.3) is 6.71 Å². The number of hydrogen-bond acceptors (Lipinski definition) is 2. The number of fused-ring (bicyclic) bond motifs is 4. The summed E-state index contributed by atoms with van der Waals surface area (Å²) in [5, 5.41) is 0. The molecular formula is C59H55BN2. The van der Waals surface area contributed by atoms with Crippen LogP contribution in [0.2, 0.25) is 0 Å². The lowest BCUT2D eigenvalue weighted by Gasteiger charge is -2.45. The first kappa shape index (κ1) is 39.6. The van der Waals surface area contributed by atoms with Gasteiger partial charge in [-0.3, -0.25) is 0 Å². The van der Waals surface area contributed by atoms with E-state index < -0.39 is 0 Å². The highest BCUT2D eigenvalue weighted by atomic mass is 15.2. The number of rotatable bonds is 7. The zero-order valence-electron chi connectivity index (χ0n) is 37.6. The first-order valence-electron chi connectivity index (χ1n) is 22.4. The van der Waals surface area contributed by atoms with Crippen molar-refractivity contribution in [2.75, 3.05) is 9.80 Å². The highest BCUT2D eigenvalue weighted by molar-refractivity contribution is 7.00. The van der Waals surface area contributed by atoms with Crippen molar-refractivity contribution in [1.82, 2.24) is 0 Å². The molecule has 62 heavy (non-hydrogen) atoms. The predicted molar refractivity (Wildman–Crippen MR) is 269 cm³/mol. The van der Waals surface area contributed by atoms with Crippen LogP contribution in [0.15, 0.2) is 158 Å². The molecule has 0 saturated carbocycles. The number of hydrogen-bond donors (Lipinski definition) is 0. The molecule has 2 heterocycles. The van der Waals surface area contributed by atoms with E-state index in [1.165, 1.54) is 117 Å². The van der Waals surface area contributed by atoms with Crippen LogP contribution >= 0.6 is 0 Å². The Bertz CT molecular complexity index is 2960. The van der Waals surface area contributed by atoms with Crippen molar-refractivity contribution in [3.63, 3.8) is 0 Å². The summed E-state index contributed by atoms with van der Waals surface area (Å²) in [6.07, 6.45) is 0. The molecule has 304 valence electrons. The van der Waals surface area contributed by atoms with Crippen LogP contribution < -0.4 is 26.2 Å². The summed E-state index contributed by atoms with van der Waals surface area (Å²) in [6.45, 7) is 20.4. The highest BCUT2D eigenvalue weighted by Gasteiger charge is 2.44. The minimum absolute atomic E-state index is 0.0362. The van der Waals surface area contributed by atoms with Gasteiger partial charge in [0.1, 0.15) is 0 Å². The number of anilines is 6. The molecule has 8 aromatic carbocycles. The summed E-state index contributed by atoms with van der Waals surface area (Å²) in [7, 11) is 0. The maximum absolute atomic E-state index is 2.58. The van der Waals surface area contributed by atoms with Gasteiger partial charge in [0.05, 0.1) is 0 Å². The molecule has 2 aliphatic rings. The van der Waals surface area contributed by atoms with Crippen molar-refractivity contribution in [2.45, 2.75) is 74.1 Å². The fourth-order valence-electron chi connectivity index (χ4n) is 10.3. The van der Waals surface area contributed by atoms with Crippen LogP contribution in [0.4, 0.5) is 34.1 Å². The van der Waals surface area contributed by atoms with Crippen molar-refractivity contribution < 1.29 is 0 Å². The number of nitrogens with zero attached hydrogens (tertiary/aromatic N) is 2. The summed E-state index contributed by atoms with van der Waals surface area (Å²) >= 11 is 0. The zero-order valence-corrected chi connectivity index (χ0v) is 37.6. The Kier molecular flexibility index (Phi) is 9.83. The predicted octanol–water partition coefficient (Wildman–Crippen LogP) is 14.6. The molecule has 0 aromatic heterocycles. The third-order valence-corrected chi connectivity index (χ3v) is 13.6. The van der Waals surface area contributed by atoms with Crippen LogP contribution in [0.3, 0.4) is 0 Å². The van der Waals surface area contributed by atoms with E-state index in [1.54, 1.807) is 0 Å². The lowest BCUT2D eigenvalue weighted by Crippen LogP contribution is -2.61. The summed E-state index contributed by atoms with van der Waals surface area (Å²) in [5.74, 6) is 0.833. The molecule has 0 amide bonds. The Morgan fingerprint density at radius 3 is 1.52 bits per heavy atom. The van der Waals surface area contributed by atoms with Gasteiger partial charge in [0.2, 0.25) is 0 Å². The second kappa shape index (κ2) is 15.4. The summed E-state index contributed by atoms with van der Waals surface area (Å²) < 4.78 is 0. The van der Waals surface area contributed by atoms with E-state index in [1.807, 2.05) is 0 Å². The van der Waals surface area contributed by atoms with E-state index in [-0.39, 0.29) is 6.71 Å². The zero-order chi connectivity index (χ0) is 43.0. The molecule has 2 aliphatic heterocycles. The van der Waals surface area contributed by atoms with Gasteiger partial charge in [-0.05, 0) is 190 Å². The maximum atomic E-state index is 2.58. The molecule has 0 unspecified atom stereocenters. The van der Waals surface area contributed by atoms with Crippen LogP contribution in [-0.2, 0) is 0 Å². The average molecular weight is 803 g/mol. The van der Waals surface area contributed by atoms with E-state index in [4.69, 9.17) is 0 Å². The molecule has 0 spiro atoms. The molecule has 0 aliphatic carbocycles. The molecule has 10 rings (SSSR count). The van der Waals surface area contributed by atoms with Crippen molar-refractivity contribution in [3.8, 4) is 33.4 Å². The van der Waals surface area contributed by atoms with E-state index >= 15 is 0 Å². The molecule has 8 aromatic rings. The Morgan fingerprint density at radius 1 is 0.387 bits per heavy atom. The largest absolute Gasteiger partial charge is 0.311 e. The van der Waals surface area contributed by atoms with Crippen LogP contribution in [0, 0.1) is 34.6 Å². The van der Waals surface area contributed by atoms with Crippen molar-refractivity contribution in [3.05, 3.63) is 197 Å². The quantitative estimate of drug-likeness (QED) is 0.148. The molecule has 0 radical (unpaired) electrons. The van der Waals surface area contributed by atoms with Gasteiger partial charge in [-0.2, -0.15) is 0 Å². The minimum atomic E-state index is 0.0362. The molecule has 2 nitrogen and oxygen atoms in total. The van der Waals surface area contributed by atoms with Gasteiger partial charge in [-0.15, -0.1) is 0 Å². The normalized spacial score (nSPS) is 12.8. The lowest BCUT2D eigenvalue weighted by atomic mass is 9.33. The smallest absolute Gasteiger partial charge is 0.252 e. The van der Waals surface area contributed by atoms with Gasteiger partial charge < -0.3 is 9.80 Å². The molecule has 0 saturated heterocycles. The second-order valence-electron chi connectivity index (χ2n) is 18.5. The molecule has 3 heteroatoms. The Morgan fingerprint density at radius 2 is 0.935 bits per heavy atom. The van der Waals surface area contributed by atoms with Crippen LogP contribution in [0.25, 0.3) is 33.4 Å². The fraction of sp³-hybridized carbons (Fsp3) is 0.186. The third kappa shape index (κ3) is 6.58. The van der Waals surface area contributed by atoms with E-state index in [0.29, 0.717) is 11.8 Å². The van der Waals surface area contributed by atoms with E-state index in [2.05, 4.69) is 230 Å². The van der Waals surface area contributed by atoms with Gasteiger partial charge in [-0.1, -0.05) is 131 Å². The number of aryl methyl sites for hydroxylation is 5. The Labute approximate surface area is 369 Å². The standard InChI is InChI=1S/C59H55BN2/c1-36(2)43-21-25-48(26-22-43)61-55-35-45(58-41(8)17-14-18-42(58)9)23-27-52(55)60-53-34-44(37(3)4)24-28-54(53)62(57-30-38(5)29-56(61)59(57)60)49-32-46(50-19-12-10-15-39(50)6)31-47(33-49)51-20-13-11-16-40(51)7/h10-37H,1-9H3. The average Bonchev–Trinajstić information content (AvgIpc) is 3.26. The van der Waals surface area contributed by atoms with Crippen LogP contribution in [-0.4, -0.2) is 6.71 Å². The van der Waals surface area contributed by atoms with Gasteiger partial charge >= 0.3 is 0 Å². The van der Waals surface area contributed by atoms with E-state index in [9.17, 15) is 0 Å².